The van der Waals surface area contributed by atoms with Crippen LogP contribution in [0.15, 0.2) is 0 Å². The van der Waals surface area contributed by atoms with Crippen LogP contribution in [0.25, 0.3) is 0 Å². The Hall–Kier alpha value is -1.27. The molecule has 0 aromatic heterocycles. The fourth-order valence-corrected chi connectivity index (χ4v) is 5.61. The van der Waals surface area contributed by atoms with Crippen molar-refractivity contribution >= 4 is 22.3 Å². The van der Waals surface area contributed by atoms with Gasteiger partial charge in [0.15, 0.2) is 0 Å². The predicted molar refractivity (Wildman–Crippen MR) is 195 cm³/mol. The van der Waals surface area contributed by atoms with Crippen molar-refractivity contribution in [1.82, 2.24) is 5.32 Å². The second-order valence-corrected chi connectivity index (χ2v) is 14.0. The third kappa shape index (κ3) is 42.8. The normalized spacial score (nSPS) is 11.4. The van der Waals surface area contributed by atoms with Gasteiger partial charge in [0.25, 0.3) is 6.29 Å². The van der Waals surface area contributed by atoms with Crippen LogP contribution in [0, 0.1) is 0 Å². The molecular weight excluding hydrogens is 634 g/mol. The summed E-state index contributed by atoms with van der Waals surface area (Å²) in [5.74, 6) is -1.17. The first-order valence-electron chi connectivity index (χ1n) is 19.5. The van der Waals surface area contributed by atoms with E-state index in [2.05, 4.69) is 23.3 Å². The van der Waals surface area contributed by atoms with Crippen LogP contribution in [0.3, 0.4) is 0 Å². The molecule has 48 heavy (non-hydrogen) atoms. The van der Waals surface area contributed by atoms with Gasteiger partial charge in [-0.15, -0.1) is 0 Å². The highest BCUT2D eigenvalue weighted by Gasteiger charge is 2.22. The Morgan fingerprint density at radius 3 is 1.08 bits per heavy atom. The Balaban J connectivity index is 0. The molecule has 0 aromatic rings. The summed E-state index contributed by atoms with van der Waals surface area (Å²) in [6, 6.07) is 0. The fraction of sp³-hybridized carbons (Fsp3) is 0.946. The maximum Gasteiger partial charge on any atom is 0.397 e. The number of nitrogens with one attached hydrogen (secondary N) is 1. The number of carbonyl (C=O) groups excluding carboxylic acids is 2. The van der Waals surface area contributed by atoms with Crippen molar-refractivity contribution in [3.8, 4) is 0 Å². The summed E-state index contributed by atoms with van der Waals surface area (Å²) in [4.78, 5) is 24.5. The minimum absolute atomic E-state index is 0.149. The average molecular weight is 710 g/mol. The minimum Gasteiger partial charge on any atom is -0.422 e. The van der Waals surface area contributed by atoms with E-state index in [9.17, 15) is 18.0 Å². The Labute approximate surface area is 295 Å². The molecule has 0 unspecified atom stereocenters. The maximum absolute atomic E-state index is 12.3. The molecule has 3 N–H and O–H groups in total. The lowest BCUT2D eigenvalue weighted by atomic mass is 10.0. The predicted octanol–water partition coefficient (Wildman–Crippen LogP) is 9.38. The molecule has 0 rings (SSSR count). The Morgan fingerprint density at radius 1 is 0.562 bits per heavy atom. The molecule has 0 spiro atoms. The Kier molecular flexibility index (Phi) is 39.2. The van der Waals surface area contributed by atoms with Crippen LogP contribution in [0.1, 0.15) is 194 Å². The number of likely N-dealkylation sites (N-methyl/N-ethyl adjacent to an activating group) is 1. The summed E-state index contributed by atoms with van der Waals surface area (Å²) in [7, 11) is -2.95. The maximum atomic E-state index is 12.3. The van der Waals surface area contributed by atoms with E-state index in [1.54, 1.807) is 7.05 Å². The van der Waals surface area contributed by atoms with Crippen molar-refractivity contribution in [3.05, 3.63) is 0 Å². The lowest BCUT2D eigenvalue weighted by molar-refractivity contribution is -0.193. The molecule has 0 aliphatic heterocycles. The monoisotopic (exact) mass is 710 g/mol. The van der Waals surface area contributed by atoms with Crippen molar-refractivity contribution in [1.29, 1.82) is 0 Å². The summed E-state index contributed by atoms with van der Waals surface area (Å²) in [6.07, 6.45) is 29.8. The van der Waals surface area contributed by atoms with E-state index in [4.69, 9.17) is 19.1 Å². The van der Waals surface area contributed by atoms with Gasteiger partial charge >= 0.3 is 22.3 Å². The summed E-state index contributed by atoms with van der Waals surface area (Å²) in [5.41, 5.74) is 0. The van der Waals surface area contributed by atoms with E-state index in [1.165, 1.54) is 116 Å². The lowest BCUT2D eigenvalue weighted by Gasteiger charge is -2.17. The third-order valence-corrected chi connectivity index (χ3v) is 8.64. The van der Waals surface area contributed by atoms with Gasteiger partial charge in [0.05, 0.1) is 6.61 Å². The van der Waals surface area contributed by atoms with Crippen LogP contribution in [0.4, 0.5) is 0 Å². The van der Waals surface area contributed by atoms with Crippen molar-refractivity contribution < 1.29 is 41.3 Å². The molecular formula is C37H75NO9S. The van der Waals surface area contributed by atoms with E-state index in [0.29, 0.717) is 19.4 Å². The summed E-state index contributed by atoms with van der Waals surface area (Å²) >= 11 is 0. The highest BCUT2D eigenvalue weighted by Crippen LogP contribution is 2.15. The van der Waals surface area contributed by atoms with Crippen molar-refractivity contribution in [3.63, 3.8) is 0 Å². The standard InChI is InChI=1S/C34H66O8S.C3H9NO/c1-3-5-7-9-11-13-15-17-19-21-23-25-27-29-32(35)41-34(31-40-43(37,38)39)42-33(36)30-28-26-24-22-20-18-16-14-12-10-8-6-4-2;1-4-2-3-5/h34H,3-31H2,1-2H3,(H,37,38,39);4-5H,2-3H2,1H3. The van der Waals surface area contributed by atoms with Gasteiger partial charge in [0.1, 0.15) is 6.61 Å². The largest absolute Gasteiger partial charge is 0.422 e. The molecule has 0 saturated carbocycles. The highest BCUT2D eigenvalue weighted by atomic mass is 32.3. The molecule has 0 fully saturated rings. The molecule has 0 radical (unpaired) electrons. The van der Waals surface area contributed by atoms with Gasteiger partial charge in [-0.05, 0) is 19.9 Å². The summed E-state index contributed by atoms with van der Waals surface area (Å²) in [6.45, 7) is 4.63. The van der Waals surface area contributed by atoms with E-state index in [-0.39, 0.29) is 19.4 Å². The van der Waals surface area contributed by atoms with E-state index in [1.807, 2.05) is 0 Å². The van der Waals surface area contributed by atoms with Crippen LogP contribution in [-0.4, -0.2) is 63.1 Å². The topological polar surface area (TPSA) is 148 Å². The van der Waals surface area contributed by atoms with Gasteiger partial charge in [0.2, 0.25) is 0 Å². The molecule has 0 saturated heterocycles. The van der Waals surface area contributed by atoms with E-state index >= 15 is 0 Å². The van der Waals surface area contributed by atoms with Crippen LogP contribution in [0.2, 0.25) is 0 Å². The zero-order valence-corrected chi connectivity index (χ0v) is 32.0. The molecule has 0 bridgehead atoms. The van der Waals surface area contributed by atoms with Gasteiger partial charge in [-0.1, -0.05) is 168 Å². The molecule has 288 valence electrons. The molecule has 0 heterocycles. The highest BCUT2D eigenvalue weighted by molar-refractivity contribution is 7.80. The molecule has 0 aliphatic rings. The van der Waals surface area contributed by atoms with Gasteiger partial charge in [-0.2, -0.15) is 8.42 Å². The zero-order chi connectivity index (χ0) is 36.0. The molecule has 0 aliphatic carbocycles. The first-order chi connectivity index (χ1) is 23.2. The average Bonchev–Trinajstić information content (AvgIpc) is 3.04. The number of unbranched alkanes of at least 4 members (excludes halogenated alkanes) is 24. The molecule has 10 nitrogen and oxygen atoms in total. The van der Waals surface area contributed by atoms with Gasteiger partial charge in [-0.3, -0.25) is 14.1 Å². The number of aliphatic hydroxyl groups is 1. The first kappa shape index (κ1) is 48.8. The Bertz CT molecular complexity index is 750. The van der Waals surface area contributed by atoms with Crippen LogP contribution in [0.5, 0.6) is 0 Å². The van der Waals surface area contributed by atoms with Gasteiger partial charge in [0, 0.05) is 19.4 Å². The lowest BCUT2D eigenvalue weighted by Crippen LogP contribution is -2.30. The zero-order valence-electron chi connectivity index (χ0n) is 31.2. The van der Waals surface area contributed by atoms with E-state index < -0.39 is 35.2 Å². The number of aliphatic hydroxyl groups excluding tert-OH is 1. The van der Waals surface area contributed by atoms with Gasteiger partial charge in [-0.25, -0.2) is 4.18 Å². The summed E-state index contributed by atoms with van der Waals surface area (Å²) in [5, 5.41) is 10.8. The molecule has 0 atom stereocenters. The van der Waals surface area contributed by atoms with Gasteiger partial charge < -0.3 is 19.9 Å². The second-order valence-electron chi connectivity index (χ2n) is 12.9. The van der Waals surface area contributed by atoms with Crippen LogP contribution >= 0.6 is 0 Å². The first-order valence-corrected chi connectivity index (χ1v) is 20.8. The molecule has 11 heteroatoms. The molecule has 0 aromatic carbocycles. The fourth-order valence-electron chi connectivity index (χ4n) is 5.33. The van der Waals surface area contributed by atoms with Crippen LogP contribution < -0.4 is 5.32 Å². The van der Waals surface area contributed by atoms with Crippen LogP contribution in [-0.2, 0) is 33.6 Å². The van der Waals surface area contributed by atoms with Crippen molar-refractivity contribution in [2.75, 3.05) is 26.8 Å². The Morgan fingerprint density at radius 2 is 0.854 bits per heavy atom. The minimum atomic E-state index is -4.76. The number of ether oxygens (including phenoxy) is 2. The number of hydrogen-bond donors (Lipinski definition) is 3. The van der Waals surface area contributed by atoms with Crippen molar-refractivity contribution in [2.24, 2.45) is 0 Å². The number of hydrogen-bond acceptors (Lipinski definition) is 9. The quantitative estimate of drug-likeness (QED) is 0.0251. The number of esters is 2. The molecule has 0 amide bonds. The smallest absolute Gasteiger partial charge is 0.397 e. The number of rotatable bonds is 35. The number of carbonyl (C=O) groups is 2. The van der Waals surface area contributed by atoms with E-state index in [0.717, 1.165) is 38.5 Å². The second kappa shape index (κ2) is 38.5. The van der Waals surface area contributed by atoms with Crippen molar-refractivity contribution in [2.45, 2.75) is 200 Å². The SMILES string of the molecule is CCCCCCCCCCCCCCCC(=O)OC(COS(=O)(=O)O)OC(=O)CCCCCCCCCCCCCCC.CNCCO. The third-order valence-electron chi connectivity index (χ3n) is 8.21. The summed E-state index contributed by atoms with van der Waals surface area (Å²) < 4.78 is 45.5.